The number of carboxylic acid groups (broad SMARTS) is 1. The van der Waals surface area contributed by atoms with E-state index in [9.17, 15) is 9.59 Å². The van der Waals surface area contributed by atoms with E-state index in [2.05, 4.69) is 10.2 Å². The normalized spacial score (nSPS) is 25.1. The molecule has 6 nitrogen and oxygen atoms in total. The highest BCUT2D eigenvalue weighted by molar-refractivity contribution is 5.94. The summed E-state index contributed by atoms with van der Waals surface area (Å²) in [5.41, 5.74) is 7.01. The van der Waals surface area contributed by atoms with Crippen molar-refractivity contribution in [3.8, 4) is 0 Å². The lowest BCUT2D eigenvalue weighted by Crippen LogP contribution is -2.54. The average molecular weight is 289 g/mol. The highest BCUT2D eigenvalue weighted by atomic mass is 16.4. The summed E-state index contributed by atoms with van der Waals surface area (Å²) in [7, 11) is 0. The molecular weight excluding hydrogens is 270 g/mol. The number of benzene rings is 1. The molecule has 21 heavy (non-hydrogen) atoms. The standard InChI is InChI=1S/C15H19N3O3/c16-12-3-2-10(7-11(12)15(20)21)18-6-5-13-9(8-18)1-4-14(19)17-13/h2-3,7,9,13H,1,4-6,8,16H2,(H,17,19)(H,20,21). The minimum absolute atomic E-state index is 0.144. The summed E-state index contributed by atoms with van der Waals surface area (Å²) in [4.78, 5) is 24.8. The SMILES string of the molecule is Nc1ccc(N2CCC3NC(=O)CCC3C2)cc1C(=O)O. The largest absolute Gasteiger partial charge is 0.478 e. The smallest absolute Gasteiger partial charge is 0.337 e. The summed E-state index contributed by atoms with van der Waals surface area (Å²) >= 11 is 0. The van der Waals surface area contributed by atoms with Crippen LogP contribution in [0.15, 0.2) is 18.2 Å². The van der Waals surface area contributed by atoms with Crippen molar-refractivity contribution in [2.75, 3.05) is 23.7 Å². The second kappa shape index (κ2) is 5.27. The van der Waals surface area contributed by atoms with E-state index in [1.165, 1.54) is 0 Å². The van der Waals surface area contributed by atoms with E-state index in [4.69, 9.17) is 10.8 Å². The van der Waals surface area contributed by atoms with Crippen molar-refractivity contribution in [2.24, 2.45) is 5.92 Å². The van der Waals surface area contributed by atoms with Crippen LogP contribution in [0.4, 0.5) is 11.4 Å². The summed E-state index contributed by atoms with van der Waals surface area (Å²) in [6, 6.07) is 5.41. The lowest BCUT2D eigenvalue weighted by molar-refractivity contribution is -0.124. The third kappa shape index (κ3) is 2.66. The number of carboxylic acids is 1. The van der Waals surface area contributed by atoms with Crippen LogP contribution in [-0.2, 0) is 4.79 Å². The molecule has 4 N–H and O–H groups in total. The molecule has 1 aromatic carbocycles. The topological polar surface area (TPSA) is 95.7 Å². The van der Waals surface area contributed by atoms with Crippen molar-refractivity contribution in [2.45, 2.75) is 25.3 Å². The van der Waals surface area contributed by atoms with Crippen LogP contribution in [0.2, 0.25) is 0 Å². The molecular formula is C15H19N3O3. The Morgan fingerprint density at radius 2 is 2.19 bits per heavy atom. The molecule has 0 aliphatic carbocycles. The van der Waals surface area contributed by atoms with Crippen molar-refractivity contribution in [1.82, 2.24) is 5.32 Å². The lowest BCUT2D eigenvalue weighted by atomic mass is 9.85. The van der Waals surface area contributed by atoms with Gasteiger partial charge >= 0.3 is 5.97 Å². The zero-order valence-electron chi connectivity index (χ0n) is 11.7. The Labute approximate surface area is 122 Å². The third-order valence-electron chi connectivity index (χ3n) is 4.45. The summed E-state index contributed by atoms with van der Waals surface area (Å²) in [5, 5.41) is 12.2. The fourth-order valence-electron chi connectivity index (χ4n) is 3.27. The number of rotatable bonds is 2. The lowest BCUT2D eigenvalue weighted by Gasteiger charge is -2.42. The molecule has 0 radical (unpaired) electrons. The fourth-order valence-corrected chi connectivity index (χ4v) is 3.27. The number of nitrogen functional groups attached to an aromatic ring is 1. The fraction of sp³-hybridized carbons (Fsp3) is 0.467. The van der Waals surface area contributed by atoms with E-state index in [0.717, 1.165) is 31.6 Å². The molecule has 0 spiro atoms. The van der Waals surface area contributed by atoms with Gasteiger partial charge < -0.3 is 21.1 Å². The minimum Gasteiger partial charge on any atom is -0.478 e. The quantitative estimate of drug-likeness (QED) is 0.708. The molecule has 2 fully saturated rings. The maximum atomic E-state index is 11.4. The number of amides is 1. The molecule has 112 valence electrons. The van der Waals surface area contributed by atoms with E-state index < -0.39 is 5.97 Å². The van der Waals surface area contributed by atoms with E-state index in [0.29, 0.717) is 12.3 Å². The highest BCUT2D eigenvalue weighted by Crippen LogP contribution is 2.30. The molecule has 1 aromatic rings. The van der Waals surface area contributed by atoms with E-state index >= 15 is 0 Å². The first-order valence-electron chi connectivity index (χ1n) is 7.21. The summed E-state index contributed by atoms with van der Waals surface area (Å²) in [5.74, 6) is -0.429. The molecule has 2 heterocycles. The van der Waals surface area contributed by atoms with Crippen molar-refractivity contribution in [3.63, 3.8) is 0 Å². The maximum absolute atomic E-state index is 11.4. The minimum atomic E-state index is -1.01. The predicted molar refractivity (Wildman–Crippen MR) is 79.3 cm³/mol. The Bertz CT molecular complexity index is 588. The first-order valence-corrected chi connectivity index (χ1v) is 7.21. The van der Waals surface area contributed by atoms with Crippen LogP contribution in [0, 0.1) is 5.92 Å². The summed E-state index contributed by atoms with van der Waals surface area (Å²) in [6.07, 6.45) is 2.37. The first kappa shape index (κ1) is 13.7. The second-order valence-electron chi connectivity index (χ2n) is 5.78. The molecule has 2 atom stereocenters. The van der Waals surface area contributed by atoms with Crippen LogP contribution in [0.5, 0.6) is 0 Å². The summed E-state index contributed by atoms with van der Waals surface area (Å²) in [6.45, 7) is 1.65. The first-order chi connectivity index (χ1) is 10.0. The molecule has 2 unspecified atom stereocenters. The van der Waals surface area contributed by atoms with E-state index in [1.54, 1.807) is 12.1 Å². The van der Waals surface area contributed by atoms with E-state index in [1.807, 2.05) is 6.07 Å². The van der Waals surface area contributed by atoms with Gasteiger partial charge in [0.05, 0.1) is 5.56 Å². The number of hydrogen-bond acceptors (Lipinski definition) is 4. The van der Waals surface area contributed by atoms with E-state index in [-0.39, 0.29) is 23.2 Å². The van der Waals surface area contributed by atoms with Crippen LogP contribution in [0.3, 0.4) is 0 Å². The van der Waals surface area contributed by atoms with Gasteiger partial charge in [-0.05, 0) is 37.0 Å². The van der Waals surface area contributed by atoms with Gasteiger partial charge in [-0.25, -0.2) is 4.79 Å². The van der Waals surface area contributed by atoms with Gasteiger partial charge in [0.15, 0.2) is 0 Å². The number of aromatic carboxylic acids is 1. The Hall–Kier alpha value is -2.24. The van der Waals surface area contributed by atoms with Crippen molar-refractivity contribution >= 4 is 23.3 Å². The number of hydrogen-bond donors (Lipinski definition) is 3. The van der Waals surface area contributed by atoms with Crippen molar-refractivity contribution < 1.29 is 14.7 Å². The van der Waals surface area contributed by atoms with Crippen molar-refractivity contribution in [3.05, 3.63) is 23.8 Å². The van der Waals surface area contributed by atoms with Gasteiger partial charge in [-0.2, -0.15) is 0 Å². The number of carbonyl (C=O) groups is 2. The molecule has 1 amide bonds. The van der Waals surface area contributed by atoms with Gasteiger partial charge in [0, 0.05) is 36.9 Å². The number of fused-ring (bicyclic) bond motifs is 1. The van der Waals surface area contributed by atoms with Gasteiger partial charge in [0.1, 0.15) is 0 Å². The molecule has 0 saturated carbocycles. The molecule has 2 saturated heterocycles. The number of anilines is 2. The van der Waals surface area contributed by atoms with Crippen LogP contribution in [-0.4, -0.2) is 36.1 Å². The highest BCUT2D eigenvalue weighted by Gasteiger charge is 2.33. The average Bonchev–Trinajstić information content (AvgIpc) is 2.47. The Kier molecular flexibility index (Phi) is 3.45. The molecule has 0 aromatic heterocycles. The van der Waals surface area contributed by atoms with Crippen LogP contribution < -0.4 is 16.0 Å². The van der Waals surface area contributed by atoms with Crippen LogP contribution in [0.25, 0.3) is 0 Å². The van der Waals surface area contributed by atoms with Crippen molar-refractivity contribution in [1.29, 1.82) is 0 Å². The van der Waals surface area contributed by atoms with Crippen LogP contribution >= 0.6 is 0 Å². The van der Waals surface area contributed by atoms with Gasteiger partial charge in [-0.1, -0.05) is 0 Å². The van der Waals surface area contributed by atoms with Crippen LogP contribution in [0.1, 0.15) is 29.6 Å². The Morgan fingerprint density at radius 1 is 1.38 bits per heavy atom. The number of piperidine rings is 2. The zero-order chi connectivity index (χ0) is 15.0. The molecule has 2 aliphatic heterocycles. The third-order valence-corrected chi connectivity index (χ3v) is 4.45. The molecule has 2 aliphatic rings. The maximum Gasteiger partial charge on any atom is 0.337 e. The second-order valence-corrected chi connectivity index (χ2v) is 5.78. The number of nitrogens with one attached hydrogen (secondary N) is 1. The van der Waals surface area contributed by atoms with Gasteiger partial charge in [0.25, 0.3) is 0 Å². The molecule has 3 rings (SSSR count). The van der Waals surface area contributed by atoms with Gasteiger partial charge in [-0.15, -0.1) is 0 Å². The van der Waals surface area contributed by atoms with Gasteiger partial charge in [-0.3, -0.25) is 4.79 Å². The Balaban J connectivity index is 1.78. The molecule has 0 bridgehead atoms. The number of nitrogens with two attached hydrogens (primary N) is 1. The number of nitrogens with zero attached hydrogens (tertiary/aromatic N) is 1. The summed E-state index contributed by atoms with van der Waals surface area (Å²) < 4.78 is 0. The number of carbonyl (C=O) groups excluding carboxylic acids is 1. The van der Waals surface area contributed by atoms with Gasteiger partial charge in [0.2, 0.25) is 5.91 Å². The Morgan fingerprint density at radius 3 is 2.95 bits per heavy atom. The monoisotopic (exact) mass is 289 g/mol. The predicted octanol–water partition coefficient (Wildman–Crippen LogP) is 1.07. The molecule has 6 heteroatoms. The zero-order valence-corrected chi connectivity index (χ0v) is 11.7.